The fraction of sp³-hybridized carbons (Fsp3) is 0.636. The summed E-state index contributed by atoms with van der Waals surface area (Å²) in [5, 5.41) is 0.639. The monoisotopic (exact) mass is 223 g/mol. The SMILES string of the molecule is Clc1ncnc2c1CN(CC1CC1)CC2. The summed E-state index contributed by atoms with van der Waals surface area (Å²) < 4.78 is 0. The van der Waals surface area contributed by atoms with Crippen molar-refractivity contribution in [3.05, 3.63) is 22.7 Å². The van der Waals surface area contributed by atoms with E-state index in [1.54, 1.807) is 6.33 Å². The molecular formula is C11H14ClN3. The van der Waals surface area contributed by atoms with E-state index in [0.29, 0.717) is 5.15 Å². The molecule has 0 spiro atoms. The van der Waals surface area contributed by atoms with Crippen LogP contribution in [0, 0.1) is 5.92 Å². The molecule has 80 valence electrons. The summed E-state index contributed by atoms with van der Waals surface area (Å²) in [5.41, 5.74) is 2.29. The smallest absolute Gasteiger partial charge is 0.137 e. The summed E-state index contributed by atoms with van der Waals surface area (Å²) in [5.74, 6) is 0.940. The van der Waals surface area contributed by atoms with Gasteiger partial charge in [0.25, 0.3) is 0 Å². The van der Waals surface area contributed by atoms with Crippen molar-refractivity contribution in [1.82, 2.24) is 14.9 Å². The first-order valence-electron chi connectivity index (χ1n) is 5.53. The van der Waals surface area contributed by atoms with Crippen LogP contribution < -0.4 is 0 Å². The molecule has 1 aromatic rings. The Balaban J connectivity index is 1.78. The quantitative estimate of drug-likeness (QED) is 0.718. The normalized spacial score (nSPS) is 21.4. The van der Waals surface area contributed by atoms with Crippen LogP contribution in [0.25, 0.3) is 0 Å². The summed E-state index contributed by atoms with van der Waals surface area (Å²) in [6, 6.07) is 0. The predicted octanol–water partition coefficient (Wildman–Crippen LogP) is 1.90. The van der Waals surface area contributed by atoms with Crippen LogP contribution in [0.3, 0.4) is 0 Å². The standard InChI is InChI=1S/C11H14ClN3/c12-11-9-6-15(5-8-1-2-8)4-3-10(9)13-7-14-11/h7-8H,1-6H2. The first-order valence-corrected chi connectivity index (χ1v) is 5.91. The largest absolute Gasteiger partial charge is 0.298 e. The summed E-state index contributed by atoms with van der Waals surface area (Å²) in [4.78, 5) is 10.8. The van der Waals surface area contributed by atoms with Crippen molar-refractivity contribution in [2.75, 3.05) is 13.1 Å². The Kier molecular flexibility index (Phi) is 2.37. The third-order valence-electron chi connectivity index (χ3n) is 3.24. The van der Waals surface area contributed by atoms with Crippen molar-refractivity contribution in [3.63, 3.8) is 0 Å². The predicted molar refractivity (Wildman–Crippen MR) is 58.7 cm³/mol. The molecule has 3 nitrogen and oxygen atoms in total. The lowest BCUT2D eigenvalue weighted by molar-refractivity contribution is 0.241. The molecule has 1 saturated carbocycles. The number of hydrogen-bond acceptors (Lipinski definition) is 3. The molecule has 0 saturated heterocycles. The Labute approximate surface area is 94.5 Å². The highest BCUT2D eigenvalue weighted by molar-refractivity contribution is 6.30. The molecule has 0 bridgehead atoms. The van der Waals surface area contributed by atoms with E-state index in [9.17, 15) is 0 Å². The van der Waals surface area contributed by atoms with E-state index in [1.807, 2.05) is 0 Å². The van der Waals surface area contributed by atoms with E-state index < -0.39 is 0 Å². The molecule has 1 aliphatic carbocycles. The highest BCUT2D eigenvalue weighted by Gasteiger charge is 2.27. The average Bonchev–Trinajstić information content (AvgIpc) is 3.03. The van der Waals surface area contributed by atoms with Gasteiger partial charge in [0.15, 0.2) is 0 Å². The van der Waals surface area contributed by atoms with Crippen molar-refractivity contribution in [1.29, 1.82) is 0 Å². The zero-order chi connectivity index (χ0) is 10.3. The molecule has 1 aliphatic heterocycles. The van der Waals surface area contributed by atoms with Gasteiger partial charge < -0.3 is 0 Å². The Morgan fingerprint density at radius 1 is 1.40 bits per heavy atom. The summed E-state index contributed by atoms with van der Waals surface area (Å²) in [6.07, 6.45) is 5.40. The molecule has 0 amide bonds. The van der Waals surface area contributed by atoms with Crippen LogP contribution in [0.4, 0.5) is 0 Å². The topological polar surface area (TPSA) is 29.0 Å². The van der Waals surface area contributed by atoms with Gasteiger partial charge in [0, 0.05) is 31.6 Å². The molecule has 1 fully saturated rings. The average molecular weight is 224 g/mol. The molecule has 0 N–H and O–H groups in total. The molecule has 0 atom stereocenters. The summed E-state index contributed by atoms with van der Waals surface area (Å²) in [6.45, 7) is 3.28. The van der Waals surface area contributed by atoms with Crippen LogP contribution >= 0.6 is 11.6 Å². The number of aromatic nitrogens is 2. The highest BCUT2D eigenvalue weighted by Crippen LogP contribution is 2.32. The van der Waals surface area contributed by atoms with Gasteiger partial charge in [-0.3, -0.25) is 4.90 Å². The van der Waals surface area contributed by atoms with Crippen LogP contribution in [0.2, 0.25) is 5.15 Å². The number of rotatable bonds is 2. The zero-order valence-corrected chi connectivity index (χ0v) is 9.37. The van der Waals surface area contributed by atoms with Gasteiger partial charge in [0.2, 0.25) is 0 Å². The van der Waals surface area contributed by atoms with E-state index in [-0.39, 0.29) is 0 Å². The molecule has 0 radical (unpaired) electrons. The van der Waals surface area contributed by atoms with Gasteiger partial charge in [-0.15, -0.1) is 0 Å². The molecule has 2 heterocycles. The van der Waals surface area contributed by atoms with Crippen LogP contribution in [0.5, 0.6) is 0 Å². The highest BCUT2D eigenvalue weighted by atomic mass is 35.5. The maximum Gasteiger partial charge on any atom is 0.137 e. The van der Waals surface area contributed by atoms with Gasteiger partial charge in [-0.25, -0.2) is 9.97 Å². The summed E-state index contributed by atoms with van der Waals surface area (Å²) in [7, 11) is 0. The first kappa shape index (κ1) is 9.55. The maximum atomic E-state index is 6.08. The fourth-order valence-corrected chi connectivity index (χ4v) is 2.40. The van der Waals surface area contributed by atoms with Gasteiger partial charge in [-0.05, 0) is 18.8 Å². The third kappa shape index (κ3) is 1.99. The van der Waals surface area contributed by atoms with Gasteiger partial charge in [-0.1, -0.05) is 11.6 Å². The minimum absolute atomic E-state index is 0.639. The van der Waals surface area contributed by atoms with Gasteiger partial charge in [0.05, 0.1) is 5.69 Å². The van der Waals surface area contributed by atoms with Crippen molar-refractivity contribution in [2.24, 2.45) is 5.92 Å². The Morgan fingerprint density at radius 3 is 3.07 bits per heavy atom. The Hall–Kier alpha value is -0.670. The lowest BCUT2D eigenvalue weighted by Crippen LogP contribution is -2.33. The molecule has 3 rings (SSSR count). The zero-order valence-electron chi connectivity index (χ0n) is 8.62. The van der Waals surface area contributed by atoms with Crippen LogP contribution in [-0.2, 0) is 13.0 Å². The van der Waals surface area contributed by atoms with Crippen molar-refractivity contribution in [3.8, 4) is 0 Å². The van der Waals surface area contributed by atoms with E-state index in [0.717, 1.165) is 36.7 Å². The second-order valence-corrected chi connectivity index (χ2v) is 4.88. The molecule has 1 aromatic heterocycles. The van der Waals surface area contributed by atoms with Crippen molar-refractivity contribution < 1.29 is 0 Å². The molecule has 4 heteroatoms. The van der Waals surface area contributed by atoms with E-state index in [2.05, 4.69) is 14.9 Å². The fourth-order valence-electron chi connectivity index (χ4n) is 2.18. The molecule has 15 heavy (non-hydrogen) atoms. The van der Waals surface area contributed by atoms with Gasteiger partial charge in [0.1, 0.15) is 11.5 Å². The van der Waals surface area contributed by atoms with Crippen LogP contribution in [0.1, 0.15) is 24.1 Å². The van der Waals surface area contributed by atoms with E-state index in [4.69, 9.17) is 11.6 Å². The Bertz CT molecular complexity index is 376. The number of fused-ring (bicyclic) bond motifs is 1. The molecule has 0 unspecified atom stereocenters. The van der Waals surface area contributed by atoms with Gasteiger partial charge >= 0.3 is 0 Å². The number of nitrogens with zero attached hydrogens (tertiary/aromatic N) is 3. The van der Waals surface area contributed by atoms with Gasteiger partial charge in [-0.2, -0.15) is 0 Å². The molecule has 2 aliphatic rings. The number of halogens is 1. The molecular weight excluding hydrogens is 210 g/mol. The first-order chi connectivity index (χ1) is 7.33. The third-order valence-corrected chi connectivity index (χ3v) is 3.57. The van der Waals surface area contributed by atoms with E-state index >= 15 is 0 Å². The lowest BCUT2D eigenvalue weighted by atomic mass is 10.1. The second kappa shape index (κ2) is 3.72. The lowest BCUT2D eigenvalue weighted by Gasteiger charge is -2.28. The van der Waals surface area contributed by atoms with Crippen LogP contribution in [0.15, 0.2) is 6.33 Å². The summed E-state index contributed by atoms with van der Waals surface area (Å²) >= 11 is 6.08. The van der Waals surface area contributed by atoms with Crippen LogP contribution in [-0.4, -0.2) is 28.0 Å². The van der Waals surface area contributed by atoms with Crippen molar-refractivity contribution >= 4 is 11.6 Å². The minimum atomic E-state index is 0.639. The Morgan fingerprint density at radius 2 is 2.27 bits per heavy atom. The minimum Gasteiger partial charge on any atom is -0.298 e. The maximum absolute atomic E-state index is 6.08. The van der Waals surface area contributed by atoms with Crippen molar-refractivity contribution in [2.45, 2.75) is 25.8 Å². The van der Waals surface area contributed by atoms with E-state index in [1.165, 1.54) is 19.4 Å². The molecule has 0 aromatic carbocycles. The number of hydrogen-bond donors (Lipinski definition) is 0. The second-order valence-electron chi connectivity index (χ2n) is 4.52.